The van der Waals surface area contributed by atoms with Crippen LogP contribution in [0.15, 0.2) is 22.6 Å². The molecule has 0 bridgehead atoms. The number of imide groups is 1. The number of fused-ring (bicyclic) bond motifs is 1. The molecule has 3 rings (SSSR count). The third-order valence-corrected chi connectivity index (χ3v) is 4.65. The predicted molar refractivity (Wildman–Crippen MR) is 93.7 cm³/mol. The SMILES string of the molecule is CC(OC(=O)CCn1cnc2sccc2c1=O)C(=O)NC(=O)NC1CC1. The van der Waals surface area contributed by atoms with E-state index < -0.39 is 24.0 Å². The number of carbonyl (C=O) groups excluding carboxylic acids is 3. The summed E-state index contributed by atoms with van der Waals surface area (Å²) in [7, 11) is 0. The van der Waals surface area contributed by atoms with E-state index in [0.29, 0.717) is 10.2 Å². The van der Waals surface area contributed by atoms with Crippen LogP contribution in [0.2, 0.25) is 0 Å². The second-order valence-electron chi connectivity index (χ2n) is 6.00. The largest absolute Gasteiger partial charge is 0.452 e. The molecular weight excluding hydrogens is 360 g/mol. The van der Waals surface area contributed by atoms with Gasteiger partial charge in [-0.1, -0.05) is 0 Å². The molecule has 2 aromatic rings. The van der Waals surface area contributed by atoms with Crippen molar-refractivity contribution in [2.45, 2.75) is 44.9 Å². The third-order valence-electron chi connectivity index (χ3n) is 3.83. The smallest absolute Gasteiger partial charge is 0.321 e. The Labute approximate surface area is 152 Å². The van der Waals surface area contributed by atoms with Gasteiger partial charge in [0, 0.05) is 12.6 Å². The highest BCUT2D eigenvalue weighted by molar-refractivity contribution is 7.16. The maximum Gasteiger partial charge on any atom is 0.321 e. The van der Waals surface area contributed by atoms with Crippen LogP contribution in [0.25, 0.3) is 10.2 Å². The Morgan fingerprint density at radius 1 is 1.42 bits per heavy atom. The number of rotatable bonds is 6. The molecule has 2 N–H and O–H groups in total. The first-order valence-corrected chi connectivity index (χ1v) is 9.05. The molecule has 0 radical (unpaired) electrons. The summed E-state index contributed by atoms with van der Waals surface area (Å²) in [6, 6.07) is 1.21. The normalized spacial score (nSPS) is 14.7. The van der Waals surface area contributed by atoms with Crippen LogP contribution in [0.3, 0.4) is 0 Å². The maximum atomic E-state index is 12.2. The first kappa shape index (κ1) is 18.1. The molecule has 1 aliphatic carbocycles. The van der Waals surface area contributed by atoms with Crippen molar-refractivity contribution in [2.75, 3.05) is 0 Å². The van der Waals surface area contributed by atoms with E-state index in [4.69, 9.17) is 4.74 Å². The van der Waals surface area contributed by atoms with Crippen molar-refractivity contribution in [3.8, 4) is 0 Å². The lowest BCUT2D eigenvalue weighted by atomic mass is 10.3. The van der Waals surface area contributed by atoms with Gasteiger partial charge in [-0.15, -0.1) is 11.3 Å². The molecule has 0 aliphatic heterocycles. The maximum absolute atomic E-state index is 12.2. The monoisotopic (exact) mass is 378 g/mol. The fourth-order valence-electron chi connectivity index (χ4n) is 2.24. The minimum atomic E-state index is -1.11. The lowest BCUT2D eigenvalue weighted by Crippen LogP contribution is -2.45. The number of nitrogens with zero attached hydrogens (tertiary/aromatic N) is 2. The zero-order valence-corrected chi connectivity index (χ0v) is 14.9. The van der Waals surface area contributed by atoms with Gasteiger partial charge in [0.05, 0.1) is 18.1 Å². The fourth-order valence-corrected chi connectivity index (χ4v) is 2.96. The Morgan fingerprint density at radius 2 is 2.19 bits per heavy atom. The predicted octanol–water partition coefficient (Wildman–Crippen LogP) is 0.768. The molecule has 10 heteroatoms. The molecule has 138 valence electrons. The van der Waals surface area contributed by atoms with E-state index in [0.717, 1.165) is 12.8 Å². The average molecular weight is 378 g/mol. The minimum Gasteiger partial charge on any atom is -0.452 e. The van der Waals surface area contributed by atoms with Crippen LogP contribution >= 0.6 is 11.3 Å². The van der Waals surface area contributed by atoms with Crippen molar-refractivity contribution in [3.05, 3.63) is 28.1 Å². The number of ether oxygens (including phenoxy) is 1. The second-order valence-corrected chi connectivity index (χ2v) is 6.90. The zero-order chi connectivity index (χ0) is 18.7. The number of esters is 1. The van der Waals surface area contributed by atoms with Gasteiger partial charge < -0.3 is 10.1 Å². The van der Waals surface area contributed by atoms with E-state index in [1.165, 1.54) is 29.2 Å². The molecule has 0 aromatic carbocycles. The van der Waals surface area contributed by atoms with Crippen molar-refractivity contribution in [3.63, 3.8) is 0 Å². The van der Waals surface area contributed by atoms with Crippen molar-refractivity contribution >= 4 is 39.5 Å². The Morgan fingerprint density at radius 3 is 2.92 bits per heavy atom. The van der Waals surface area contributed by atoms with Crippen LogP contribution in [0.5, 0.6) is 0 Å². The number of hydrogen-bond donors (Lipinski definition) is 2. The summed E-state index contributed by atoms with van der Waals surface area (Å²) in [6.07, 6.45) is 1.98. The summed E-state index contributed by atoms with van der Waals surface area (Å²) in [4.78, 5) is 52.2. The van der Waals surface area contributed by atoms with E-state index in [-0.39, 0.29) is 24.6 Å². The zero-order valence-electron chi connectivity index (χ0n) is 14.1. The van der Waals surface area contributed by atoms with Gasteiger partial charge in [0.1, 0.15) is 4.83 Å². The third kappa shape index (κ3) is 4.45. The Hall–Kier alpha value is -2.75. The first-order valence-electron chi connectivity index (χ1n) is 8.17. The molecule has 1 aliphatic rings. The van der Waals surface area contributed by atoms with E-state index in [1.54, 1.807) is 11.4 Å². The summed E-state index contributed by atoms with van der Waals surface area (Å²) >= 11 is 1.37. The first-order chi connectivity index (χ1) is 12.4. The highest BCUT2D eigenvalue weighted by Crippen LogP contribution is 2.18. The van der Waals surface area contributed by atoms with Gasteiger partial charge in [0.25, 0.3) is 11.5 Å². The molecule has 3 amide bonds. The minimum absolute atomic E-state index is 0.0902. The van der Waals surface area contributed by atoms with Gasteiger partial charge in [-0.3, -0.25) is 24.3 Å². The van der Waals surface area contributed by atoms with Crippen molar-refractivity contribution in [2.24, 2.45) is 0 Å². The number of hydrogen-bond acceptors (Lipinski definition) is 7. The number of carbonyl (C=O) groups is 3. The van der Waals surface area contributed by atoms with E-state index >= 15 is 0 Å². The van der Waals surface area contributed by atoms with E-state index in [2.05, 4.69) is 15.6 Å². The lowest BCUT2D eigenvalue weighted by Gasteiger charge is -2.13. The van der Waals surface area contributed by atoms with Crippen LogP contribution in [-0.2, 0) is 20.9 Å². The van der Waals surface area contributed by atoms with Crippen LogP contribution < -0.4 is 16.2 Å². The molecular formula is C16H18N4O5S. The number of amides is 3. The van der Waals surface area contributed by atoms with Crippen LogP contribution in [0.4, 0.5) is 4.79 Å². The number of nitrogens with one attached hydrogen (secondary N) is 2. The molecule has 1 saturated carbocycles. The van der Waals surface area contributed by atoms with Crippen LogP contribution in [0, 0.1) is 0 Å². The lowest BCUT2D eigenvalue weighted by molar-refractivity contribution is -0.154. The molecule has 1 atom stereocenters. The van der Waals surface area contributed by atoms with E-state index in [1.807, 2.05) is 0 Å². The Balaban J connectivity index is 1.48. The van der Waals surface area contributed by atoms with Gasteiger partial charge in [0.15, 0.2) is 6.10 Å². The molecule has 1 fully saturated rings. The number of urea groups is 1. The Kier molecular flexibility index (Phi) is 5.31. The number of thiophene rings is 1. The van der Waals surface area contributed by atoms with Gasteiger partial charge >= 0.3 is 12.0 Å². The Bertz CT molecular complexity index is 901. The molecule has 0 spiro atoms. The second kappa shape index (κ2) is 7.65. The molecule has 0 saturated heterocycles. The van der Waals surface area contributed by atoms with Gasteiger partial charge in [-0.25, -0.2) is 9.78 Å². The summed E-state index contributed by atoms with van der Waals surface area (Å²) in [5.41, 5.74) is -0.230. The molecule has 2 heterocycles. The number of aryl methyl sites for hydroxylation is 1. The van der Waals surface area contributed by atoms with Crippen molar-refractivity contribution < 1.29 is 19.1 Å². The van der Waals surface area contributed by atoms with E-state index in [9.17, 15) is 19.2 Å². The topological polar surface area (TPSA) is 119 Å². The molecule has 1 unspecified atom stereocenters. The standard InChI is InChI=1S/C16H18N4O5S/c1-9(13(22)19-16(24)18-10-2-3-10)25-12(21)4-6-20-8-17-14-11(15(20)23)5-7-26-14/h5,7-10H,2-4,6H2,1H3,(H2,18,19,22,24). The summed E-state index contributed by atoms with van der Waals surface area (Å²) in [5.74, 6) is -1.34. The van der Waals surface area contributed by atoms with Crippen molar-refractivity contribution in [1.29, 1.82) is 0 Å². The highest BCUT2D eigenvalue weighted by Gasteiger charge is 2.25. The van der Waals surface area contributed by atoms with Gasteiger partial charge in [-0.2, -0.15) is 0 Å². The molecule has 26 heavy (non-hydrogen) atoms. The van der Waals surface area contributed by atoms with Crippen LogP contribution in [0.1, 0.15) is 26.2 Å². The number of aromatic nitrogens is 2. The molecule has 2 aromatic heterocycles. The molecule has 9 nitrogen and oxygen atoms in total. The summed E-state index contributed by atoms with van der Waals surface area (Å²) in [6.45, 7) is 1.47. The van der Waals surface area contributed by atoms with Gasteiger partial charge in [0.2, 0.25) is 0 Å². The quantitative estimate of drug-likeness (QED) is 0.717. The van der Waals surface area contributed by atoms with Gasteiger partial charge in [-0.05, 0) is 31.2 Å². The summed E-state index contributed by atoms with van der Waals surface area (Å²) in [5, 5.41) is 7.00. The fraction of sp³-hybridized carbons (Fsp3) is 0.438. The summed E-state index contributed by atoms with van der Waals surface area (Å²) < 4.78 is 6.33. The highest BCUT2D eigenvalue weighted by atomic mass is 32.1. The average Bonchev–Trinajstić information content (AvgIpc) is 3.26. The van der Waals surface area contributed by atoms with Crippen molar-refractivity contribution in [1.82, 2.24) is 20.2 Å². The van der Waals surface area contributed by atoms with Crippen LogP contribution in [-0.4, -0.2) is 39.6 Å².